The number of nitrogens with one attached hydrogen (secondary N) is 1. The Morgan fingerprint density at radius 2 is 2.25 bits per heavy atom. The van der Waals surface area contributed by atoms with Gasteiger partial charge in [-0.15, -0.1) is 0 Å². The van der Waals surface area contributed by atoms with E-state index in [1.807, 2.05) is 32.0 Å². The van der Waals surface area contributed by atoms with E-state index in [9.17, 15) is 5.11 Å². The Hall–Kier alpha value is -2.08. The predicted octanol–water partition coefficient (Wildman–Crippen LogP) is 2.44. The van der Waals surface area contributed by atoms with Gasteiger partial charge < -0.3 is 19.7 Å². The average molecular weight is 277 g/mol. The molecule has 0 fully saturated rings. The summed E-state index contributed by atoms with van der Waals surface area (Å²) in [6.45, 7) is 6.12. The Labute approximate surface area is 117 Å². The van der Waals surface area contributed by atoms with Gasteiger partial charge in [0.15, 0.2) is 5.82 Å². The second kappa shape index (κ2) is 6.38. The minimum absolute atomic E-state index is 0.0705. The zero-order chi connectivity index (χ0) is 14.5. The molecule has 1 heterocycles. The van der Waals surface area contributed by atoms with Gasteiger partial charge in [-0.25, -0.2) is 0 Å². The van der Waals surface area contributed by atoms with Gasteiger partial charge in [-0.1, -0.05) is 5.16 Å². The van der Waals surface area contributed by atoms with E-state index >= 15 is 0 Å². The largest absolute Gasteiger partial charge is 0.494 e. The molecule has 0 saturated heterocycles. The van der Waals surface area contributed by atoms with Crippen molar-refractivity contribution in [1.82, 2.24) is 10.1 Å². The first-order chi connectivity index (χ1) is 9.63. The maximum Gasteiger partial charge on any atom is 0.248 e. The zero-order valence-corrected chi connectivity index (χ0v) is 11.9. The van der Waals surface area contributed by atoms with Crippen LogP contribution in [0.4, 0.5) is 5.69 Å². The quantitative estimate of drug-likeness (QED) is 0.844. The highest BCUT2D eigenvalue weighted by atomic mass is 16.5. The van der Waals surface area contributed by atoms with Crippen molar-refractivity contribution in [2.45, 2.75) is 33.4 Å². The van der Waals surface area contributed by atoms with E-state index in [0.717, 1.165) is 11.3 Å². The van der Waals surface area contributed by atoms with Crippen molar-refractivity contribution < 1.29 is 14.4 Å². The summed E-state index contributed by atoms with van der Waals surface area (Å²) in [5.41, 5.74) is 1.60. The van der Waals surface area contributed by atoms with Gasteiger partial charge in [0.25, 0.3) is 0 Å². The number of benzene rings is 1. The Bertz CT molecular complexity index is 569. The Balaban J connectivity index is 2.13. The van der Waals surface area contributed by atoms with E-state index in [0.29, 0.717) is 24.1 Å². The van der Waals surface area contributed by atoms with Crippen LogP contribution in [0.5, 0.6) is 5.75 Å². The number of rotatable bonds is 6. The lowest BCUT2D eigenvalue weighted by atomic mass is 10.1. The lowest BCUT2D eigenvalue weighted by molar-refractivity contribution is 0.267. The lowest BCUT2D eigenvalue weighted by Gasteiger charge is -2.14. The monoisotopic (exact) mass is 277 g/mol. The van der Waals surface area contributed by atoms with Gasteiger partial charge in [-0.2, -0.15) is 4.98 Å². The third-order valence-corrected chi connectivity index (χ3v) is 2.83. The van der Waals surface area contributed by atoms with Gasteiger partial charge in [-0.3, -0.25) is 0 Å². The van der Waals surface area contributed by atoms with Gasteiger partial charge in [0.05, 0.1) is 13.2 Å². The van der Waals surface area contributed by atoms with Crippen LogP contribution in [0.1, 0.15) is 37.2 Å². The predicted molar refractivity (Wildman–Crippen MR) is 74.6 cm³/mol. The molecule has 1 aromatic carbocycles. The van der Waals surface area contributed by atoms with Crippen molar-refractivity contribution in [2.24, 2.45) is 0 Å². The van der Waals surface area contributed by atoms with E-state index in [2.05, 4.69) is 15.5 Å². The van der Waals surface area contributed by atoms with Crippen LogP contribution in [0.15, 0.2) is 22.7 Å². The summed E-state index contributed by atoms with van der Waals surface area (Å²) in [4.78, 5) is 4.18. The molecule has 0 aliphatic carbocycles. The van der Waals surface area contributed by atoms with Gasteiger partial charge in [0.2, 0.25) is 5.89 Å². The highest BCUT2D eigenvalue weighted by Crippen LogP contribution is 2.25. The van der Waals surface area contributed by atoms with Crippen LogP contribution in [0.25, 0.3) is 0 Å². The van der Waals surface area contributed by atoms with Crippen LogP contribution in [-0.2, 0) is 6.61 Å². The van der Waals surface area contributed by atoms with Gasteiger partial charge in [0.1, 0.15) is 11.8 Å². The maximum absolute atomic E-state index is 9.38. The first kappa shape index (κ1) is 14.3. The Morgan fingerprint density at radius 1 is 1.45 bits per heavy atom. The van der Waals surface area contributed by atoms with Crippen LogP contribution >= 0.6 is 0 Å². The van der Waals surface area contributed by atoms with Crippen molar-refractivity contribution in [2.75, 3.05) is 11.9 Å². The van der Waals surface area contributed by atoms with Crippen LogP contribution in [-0.4, -0.2) is 21.9 Å². The molecule has 0 aliphatic rings. The molecule has 20 heavy (non-hydrogen) atoms. The van der Waals surface area contributed by atoms with Gasteiger partial charge in [-0.05, 0) is 39.0 Å². The molecule has 1 unspecified atom stereocenters. The summed E-state index contributed by atoms with van der Waals surface area (Å²) >= 11 is 0. The number of anilines is 1. The summed E-state index contributed by atoms with van der Waals surface area (Å²) in [5, 5.41) is 16.4. The zero-order valence-electron chi connectivity index (χ0n) is 11.9. The maximum atomic E-state index is 9.38. The second-order valence-corrected chi connectivity index (χ2v) is 4.46. The molecule has 0 saturated carbocycles. The first-order valence-electron chi connectivity index (χ1n) is 6.57. The topological polar surface area (TPSA) is 80.4 Å². The van der Waals surface area contributed by atoms with E-state index < -0.39 is 0 Å². The summed E-state index contributed by atoms with van der Waals surface area (Å²) in [7, 11) is 0. The molecule has 2 rings (SSSR count). The molecule has 2 N–H and O–H groups in total. The van der Waals surface area contributed by atoms with Crippen LogP contribution < -0.4 is 10.1 Å². The normalized spacial score (nSPS) is 12.2. The van der Waals surface area contributed by atoms with Gasteiger partial charge in [0, 0.05) is 11.3 Å². The molecule has 1 aromatic heterocycles. The van der Waals surface area contributed by atoms with Crippen molar-refractivity contribution in [1.29, 1.82) is 0 Å². The van der Waals surface area contributed by atoms with Crippen LogP contribution in [0.2, 0.25) is 0 Å². The second-order valence-electron chi connectivity index (χ2n) is 4.46. The molecule has 0 radical (unpaired) electrons. The molecular formula is C14H19N3O3. The van der Waals surface area contributed by atoms with Crippen molar-refractivity contribution in [3.8, 4) is 5.75 Å². The minimum Gasteiger partial charge on any atom is -0.494 e. The molecule has 6 nitrogen and oxygen atoms in total. The molecule has 0 aliphatic heterocycles. The van der Waals surface area contributed by atoms with E-state index in [1.54, 1.807) is 6.92 Å². The molecule has 1 atom stereocenters. The third-order valence-electron chi connectivity index (χ3n) is 2.83. The van der Waals surface area contributed by atoms with Crippen molar-refractivity contribution >= 4 is 5.69 Å². The number of aromatic nitrogens is 2. The first-order valence-corrected chi connectivity index (χ1v) is 6.57. The van der Waals surface area contributed by atoms with Crippen LogP contribution in [0, 0.1) is 6.92 Å². The fraction of sp³-hybridized carbons (Fsp3) is 0.429. The third kappa shape index (κ3) is 3.27. The van der Waals surface area contributed by atoms with Crippen molar-refractivity contribution in [3.05, 3.63) is 35.5 Å². The molecule has 108 valence electrons. The Kier molecular flexibility index (Phi) is 4.57. The average Bonchev–Trinajstić information content (AvgIpc) is 2.87. The SMILES string of the molecule is CCOc1ccc(NC(C)c2nc(C)no2)cc1CO. The standard InChI is InChI=1S/C14H19N3O3/c1-4-19-13-6-5-12(7-11(13)8-18)15-9(2)14-16-10(3)17-20-14/h5-7,9,15,18H,4,8H2,1-3H3. The fourth-order valence-electron chi connectivity index (χ4n) is 1.89. The molecule has 0 bridgehead atoms. The molecule has 0 spiro atoms. The lowest BCUT2D eigenvalue weighted by Crippen LogP contribution is -2.08. The number of ether oxygens (including phenoxy) is 1. The highest BCUT2D eigenvalue weighted by Gasteiger charge is 2.13. The minimum atomic E-state index is -0.110. The smallest absolute Gasteiger partial charge is 0.248 e. The number of aliphatic hydroxyl groups is 1. The van der Waals surface area contributed by atoms with E-state index in [4.69, 9.17) is 9.26 Å². The molecule has 6 heteroatoms. The Morgan fingerprint density at radius 3 is 2.85 bits per heavy atom. The highest BCUT2D eigenvalue weighted by molar-refractivity contribution is 5.51. The number of nitrogens with zero attached hydrogens (tertiary/aromatic N) is 2. The van der Waals surface area contributed by atoms with Crippen LogP contribution in [0.3, 0.4) is 0 Å². The number of aryl methyl sites for hydroxylation is 1. The fourth-order valence-corrected chi connectivity index (χ4v) is 1.89. The molecular weight excluding hydrogens is 258 g/mol. The van der Waals surface area contributed by atoms with Gasteiger partial charge >= 0.3 is 0 Å². The summed E-state index contributed by atoms with van der Waals surface area (Å²) < 4.78 is 10.6. The number of hydrogen-bond acceptors (Lipinski definition) is 6. The number of aliphatic hydroxyl groups excluding tert-OH is 1. The number of hydrogen-bond donors (Lipinski definition) is 2. The van der Waals surface area contributed by atoms with Crippen molar-refractivity contribution in [3.63, 3.8) is 0 Å². The molecule has 2 aromatic rings. The summed E-state index contributed by atoms with van der Waals surface area (Å²) in [5.74, 6) is 1.83. The van der Waals surface area contributed by atoms with E-state index in [-0.39, 0.29) is 12.6 Å². The van der Waals surface area contributed by atoms with E-state index in [1.165, 1.54) is 0 Å². The summed E-state index contributed by atoms with van der Waals surface area (Å²) in [6.07, 6.45) is 0. The molecule has 0 amide bonds. The summed E-state index contributed by atoms with van der Waals surface area (Å²) in [6, 6.07) is 5.47.